The quantitative estimate of drug-likeness (QED) is 0.835. The number of nitrogens with one attached hydrogen (secondary N) is 1. The van der Waals surface area contributed by atoms with Crippen molar-refractivity contribution in [3.63, 3.8) is 0 Å². The minimum atomic E-state index is 0.769. The van der Waals surface area contributed by atoms with Crippen LogP contribution in [0.4, 0.5) is 0 Å². The molecule has 2 rings (SSSR count). The molecule has 0 aliphatic heterocycles. The van der Waals surface area contributed by atoms with E-state index in [1.54, 1.807) is 18.0 Å². The summed E-state index contributed by atoms with van der Waals surface area (Å²) in [5, 5.41) is 4.99. The number of hydrogen-bond donors (Lipinski definition) is 1. The predicted octanol–water partition coefficient (Wildman–Crippen LogP) is 4.76. The number of pyridine rings is 1. The molecule has 0 atom stereocenters. The summed E-state index contributed by atoms with van der Waals surface area (Å²) in [7, 11) is 0. The molecule has 2 nitrogen and oxygen atoms in total. The van der Waals surface area contributed by atoms with Gasteiger partial charge in [-0.1, -0.05) is 36.4 Å². The molecule has 19 heavy (non-hydrogen) atoms. The fourth-order valence-corrected chi connectivity index (χ4v) is 2.85. The van der Waals surface area contributed by atoms with Gasteiger partial charge in [0.2, 0.25) is 0 Å². The average molecular weight is 358 g/mol. The zero-order valence-corrected chi connectivity index (χ0v) is 13.6. The van der Waals surface area contributed by atoms with Crippen LogP contribution < -0.4 is 5.32 Å². The van der Waals surface area contributed by atoms with Crippen LogP contribution in [0, 0.1) is 0 Å². The first-order valence-corrected chi connectivity index (χ1v) is 7.96. The second-order valence-corrected chi connectivity index (χ2v) is 6.35. The smallest absolute Gasteiger partial charge is 0.101 e. The Morgan fingerprint density at radius 1 is 1.32 bits per heavy atom. The van der Waals surface area contributed by atoms with Crippen LogP contribution in [-0.2, 0) is 6.54 Å². The minimum Gasteiger partial charge on any atom is -0.313 e. The van der Waals surface area contributed by atoms with Gasteiger partial charge in [-0.15, -0.1) is 0 Å². The van der Waals surface area contributed by atoms with Crippen molar-refractivity contribution in [1.82, 2.24) is 10.3 Å². The summed E-state index contributed by atoms with van der Waals surface area (Å²) in [6, 6.07) is 10.1. The lowest BCUT2D eigenvalue weighted by molar-refractivity contribution is 0.726. The van der Waals surface area contributed by atoms with Gasteiger partial charge in [-0.25, -0.2) is 4.98 Å². The highest BCUT2D eigenvalue weighted by atomic mass is 79.9. The van der Waals surface area contributed by atoms with Crippen molar-refractivity contribution in [3.8, 4) is 0 Å². The Labute approximate surface area is 131 Å². The summed E-state index contributed by atoms with van der Waals surface area (Å²) in [5.74, 6) is 0. The van der Waals surface area contributed by atoms with E-state index in [1.807, 2.05) is 24.3 Å². The number of benzene rings is 1. The van der Waals surface area contributed by atoms with Gasteiger partial charge in [0, 0.05) is 22.1 Å². The predicted molar refractivity (Wildman–Crippen MR) is 84.9 cm³/mol. The maximum Gasteiger partial charge on any atom is 0.101 e. The molecular weight excluding hydrogens is 344 g/mol. The van der Waals surface area contributed by atoms with Crippen molar-refractivity contribution in [2.75, 3.05) is 6.54 Å². The first-order valence-electron chi connectivity index (χ1n) is 5.97. The Bertz CT molecular complexity index is 546. The topological polar surface area (TPSA) is 24.9 Å². The van der Waals surface area contributed by atoms with Crippen LogP contribution >= 0.6 is 39.3 Å². The van der Waals surface area contributed by atoms with E-state index in [1.165, 1.54) is 5.56 Å². The van der Waals surface area contributed by atoms with Crippen LogP contribution in [0.5, 0.6) is 0 Å². The molecule has 100 valence electrons. The van der Waals surface area contributed by atoms with Crippen molar-refractivity contribution in [2.24, 2.45) is 0 Å². The molecule has 1 aromatic carbocycles. The molecule has 5 heteroatoms. The SMILES string of the molecule is CCNCc1ccc(Sc2ccc(Br)cn2)c(Cl)c1. The molecule has 0 radical (unpaired) electrons. The molecule has 0 saturated heterocycles. The highest BCUT2D eigenvalue weighted by Crippen LogP contribution is 2.33. The minimum absolute atomic E-state index is 0.769. The summed E-state index contributed by atoms with van der Waals surface area (Å²) < 4.78 is 0.976. The van der Waals surface area contributed by atoms with Crippen LogP contribution in [0.3, 0.4) is 0 Å². The summed E-state index contributed by atoms with van der Waals surface area (Å²) in [6.07, 6.45) is 1.79. The van der Waals surface area contributed by atoms with Crippen LogP contribution in [-0.4, -0.2) is 11.5 Å². The number of halogens is 2. The van der Waals surface area contributed by atoms with Crippen molar-refractivity contribution >= 4 is 39.3 Å². The molecule has 0 amide bonds. The third kappa shape index (κ3) is 4.49. The normalized spacial score (nSPS) is 10.7. The third-order valence-electron chi connectivity index (χ3n) is 2.49. The van der Waals surface area contributed by atoms with E-state index in [2.05, 4.69) is 39.2 Å². The van der Waals surface area contributed by atoms with Crippen LogP contribution in [0.1, 0.15) is 12.5 Å². The van der Waals surface area contributed by atoms with E-state index in [4.69, 9.17) is 11.6 Å². The van der Waals surface area contributed by atoms with E-state index >= 15 is 0 Å². The number of hydrogen-bond acceptors (Lipinski definition) is 3. The van der Waals surface area contributed by atoms with Gasteiger partial charge in [-0.3, -0.25) is 0 Å². The lowest BCUT2D eigenvalue weighted by Crippen LogP contribution is -2.11. The van der Waals surface area contributed by atoms with Crippen molar-refractivity contribution in [1.29, 1.82) is 0 Å². The molecule has 1 N–H and O–H groups in total. The summed E-state index contributed by atoms with van der Waals surface area (Å²) in [4.78, 5) is 5.36. The fourth-order valence-electron chi connectivity index (χ4n) is 1.54. The molecular formula is C14H14BrClN2S. The first-order chi connectivity index (χ1) is 9.19. The Balaban J connectivity index is 2.10. The second-order valence-electron chi connectivity index (χ2n) is 3.96. The number of rotatable bonds is 5. The van der Waals surface area contributed by atoms with Gasteiger partial charge >= 0.3 is 0 Å². The maximum atomic E-state index is 6.30. The van der Waals surface area contributed by atoms with E-state index in [0.29, 0.717) is 0 Å². The van der Waals surface area contributed by atoms with Crippen molar-refractivity contribution in [3.05, 3.63) is 51.6 Å². The summed E-state index contributed by atoms with van der Waals surface area (Å²) in [6.45, 7) is 3.89. The van der Waals surface area contributed by atoms with E-state index in [-0.39, 0.29) is 0 Å². The monoisotopic (exact) mass is 356 g/mol. The average Bonchev–Trinajstić information content (AvgIpc) is 2.41. The summed E-state index contributed by atoms with van der Waals surface area (Å²) >= 11 is 11.2. The van der Waals surface area contributed by atoms with Gasteiger partial charge in [-0.2, -0.15) is 0 Å². The second kappa shape index (κ2) is 7.29. The van der Waals surface area contributed by atoms with Crippen molar-refractivity contribution in [2.45, 2.75) is 23.4 Å². The Hall–Kier alpha value is -0.550. The molecule has 0 saturated carbocycles. The van der Waals surface area contributed by atoms with Crippen LogP contribution in [0.25, 0.3) is 0 Å². The molecule has 1 aromatic heterocycles. The Morgan fingerprint density at radius 3 is 2.79 bits per heavy atom. The van der Waals surface area contributed by atoms with Gasteiger partial charge < -0.3 is 5.32 Å². The zero-order valence-electron chi connectivity index (χ0n) is 10.5. The Kier molecular flexibility index (Phi) is 5.70. The standard InChI is InChI=1S/C14H14BrClN2S/c1-2-17-8-10-3-5-13(12(16)7-10)19-14-6-4-11(15)9-18-14/h3-7,9,17H,2,8H2,1H3. The number of aromatic nitrogens is 1. The van der Waals surface area contributed by atoms with Gasteiger partial charge in [0.25, 0.3) is 0 Å². The zero-order chi connectivity index (χ0) is 13.7. The highest BCUT2D eigenvalue weighted by molar-refractivity contribution is 9.10. The van der Waals surface area contributed by atoms with Crippen LogP contribution in [0.15, 0.2) is 50.9 Å². The first kappa shape index (κ1) is 14.9. The molecule has 0 fully saturated rings. The molecule has 0 spiro atoms. The third-order valence-corrected chi connectivity index (χ3v) is 4.41. The molecule has 0 aliphatic carbocycles. The van der Waals surface area contributed by atoms with Gasteiger partial charge in [0.05, 0.1) is 5.02 Å². The van der Waals surface area contributed by atoms with Gasteiger partial charge in [0.1, 0.15) is 5.03 Å². The van der Waals surface area contributed by atoms with Gasteiger partial charge in [-0.05, 0) is 52.3 Å². The van der Waals surface area contributed by atoms with E-state index in [0.717, 1.165) is 32.5 Å². The fraction of sp³-hybridized carbons (Fsp3) is 0.214. The molecule has 0 aliphatic rings. The summed E-state index contributed by atoms with van der Waals surface area (Å²) in [5.41, 5.74) is 1.19. The van der Waals surface area contributed by atoms with E-state index in [9.17, 15) is 0 Å². The lowest BCUT2D eigenvalue weighted by Gasteiger charge is -2.07. The van der Waals surface area contributed by atoms with Crippen molar-refractivity contribution < 1.29 is 0 Å². The maximum absolute atomic E-state index is 6.30. The molecule has 0 unspecified atom stereocenters. The molecule has 2 aromatic rings. The highest BCUT2D eigenvalue weighted by Gasteiger charge is 2.05. The molecule has 1 heterocycles. The molecule has 0 bridgehead atoms. The lowest BCUT2D eigenvalue weighted by atomic mass is 10.2. The van der Waals surface area contributed by atoms with Gasteiger partial charge in [0.15, 0.2) is 0 Å². The largest absolute Gasteiger partial charge is 0.313 e. The Morgan fingerprint density at radius 2 is 2.16 bits per heavy atom. The van der Waals surface area contributed by atoms with E-state index < -0.39 is 0 Å². The number of nitrogens with zero attached hydrogens (tertiary/aromatic N) is 1. The van der Waals surface area contributed by atoms with Crippen LogP contribution in [0.2, 0.25) is 5.02 Å².